The first-order chi connectivity index (χ1) is 7.70. The van der Waals surface area contributed by atoms with Gasteiger partial charge in [-0.3, -0.25) is 11.3 Å². The molecule has 0 radical (unpaired) electrons. The van der Waals surface area contributed by atoms with Gasteiger partial charge < -0.3 is 4.42 Å². The highest BCUT2D eigenvalue weighted by Crippen LogP contribution is 2.26. The van der Waals surface area contributed by atoms with Crippen molar-refractivity contribution in [2.45, 2.75) is 26.3 Å². The van der Waals surface area contributed by atoms with Gasteiger partial charge in [-0.15, -0.1) is 11.3 Å². The van der Waals surface area contributed by atoms with E-state index in [1.54, 1.807) is 17.6 Å². The summed E-state index contributed by atoms with van der Waals surface area (Å²) in [5.41, 5.74) is 3.86. The maximum atomic E-state index is 5.59. The number of hydrogen-bond acceptors (Lipinski definition) is 5. The molecule has 2 rings (SSSR count). The Bertz CT molecular complexity index is 450. The normalized spacial score (nSPS) is 12.9. The van der Waals surface area contributed by atoms with Crippen LogP contribution in [-0.4, -0.2) is 4.98 Å². The molecule has 0 fully saturated rings. The third-order valence-electron chi connectivity index (χ3n) is 2.44. The summed E-state index contributed by atoms with van der Waals surface area (Å²) in [6.07, 6.45) is 2.42. The van der Waals surface area contributed by atoms with Gasteiger partial charge in [-0.1, -0.05) is 0 Å². The fourth-order valence-electron chi connectivity index (χ4n) is 1.73. The molecule has 86 valence electrons. The average Bonchev–Trinajstić information content (AvgIpc) is 2.85. The van der Waals surface area contributed by atoms with Gasteiger partial charge in [-0.05, 0) is 26.0 Å². The zero-order chi connectivity index (χ0) is 11.5. The van der Waals surface area contributed by atoms with Crippen molar-refractivity contribution < 1.29 is 4.42 Å². The molecular weight excluding hydrogens is 222 g/mol. The molecule has 0 saturated carbocycles. The number of rotatable bonds is 4. The van der Waals surface area contributed by atoms with Crippen molar-refractivity contribution in [1.82, 2.24) is 10.4 Å². The van der Waals surface area contributed by atoms with E-state index in [4.69, 9.17) is 10.3 Å². The second kappa shape index (κ2) is 4.78. The molecule has 0 amide bonds. The van der Waals surface area contributed by atoms with E-state index in [0.717, 1.165) is 22.9 Å². The van der Waals surface area contributed by atoms with Gasteiger partial charge in [0.25, 0.3) is 0 Å². The summed E-state index contributed by atoms with van der Waals surface area (Å²) < 4.78 is 5.32. The van der Waals surface area contributed by atoms with Gasteiger partial charge in [-0.2, -0.15) is 0 Å². The SMILES string of the molecule is Cc1nc(C)c(C(Cc2ccco2)NN)s1. The first-order valence-electron chi connectivity index (χ1n) is 5.13. The number of hydrazine groups is 1. The van der Waals surface area contributed by atoms with Crippen LogP contribution in [0.5, 0.6) is 0 Å². The molecule has 1 unspecified atom stereocenters. The zero-order valence-electron chi connectivity index (χ0n) is 9.36. The van der Waals surface area contributed by atoms with Crippen molar-refractivity contribution >= 4 is 11.3 Å². The van der Waals surface area contributed by atoms with Crippen molar-refractivity contribution in [3.05, 3.63) is 39.7 Å². The van der Waals surface area contributed by atoms with E-state index in [9.17, 15) is 0 Å². The van der Waals surface area contributed by atoms with Crippen molar-refractivity contribution in [3.8, 4) is 0 Å². The Morgan fingerprint density at radius 2 is 2.38 bits per heavy atom. The summed E-state index contributed by atoms with van der Waals surface area (Å²) in [6, 6.07) is 3.90. The number of nitrogens with zero attached hydrogens (tertiary/aromatic N) is 1. The minimum Gasteiger partial charge on any atom is -0.469 e. The molecule has 2 heterocycles. The molecule has 3 N–H and O–H groups in total. The molecule has 16 heavy (non-hydrogen) atoms. The van der Waals surface area contributed by atoms with Crippen LogP contribution in [0.1, 0.15) is 27.4 Å². The molecule has 0 aliphatic heterocycles. The van der Waals surface area contributed by atoms with E-state index in [1.807, 2.05) is 26.0 Å². The quantitative estimate of drug-likeness (QED) is 0.631. The Kier molecular flexibility index (Phi) is 3.38. The lowest BCUT2D eigenvalue weighted by Gasteiger charge is -2.13. The van der Waals surface area contributed by atoms with E-state index in [0.29, 0.717) is 0 Å². The predicted octanol–water partition coefficient (Wildman–Crippen LogP) is 2.10. The van der Waals surface area contributed by atoms with Crippen LogP contribution in [0.4, 0.5) is 0 Å². The molecule has 1 atom stereocenters. The van der Waals surface area contributed by atoms with Gasteiger partial charge in [-0.25, -0.2) is 4.98 Å². The minimum absolute atomic E-state index is 0.0670. The lowest BCUT2D eigenvalue weighted by Crippen LogP contribution is -2.29. The number of nitrogens with two attached hydrogens (primary N) is 1. The van der Waals surface area contributed by atoms with Crippen molar-refractivity contribution in [1.29, 1.82) is 0 Å². The number of aryl methyl sites for hydroxylation is 2. The summed E-state index contributed by atoms with van der Waals surface area (Å²) in [6.45, 7) is 4.01. The zero-order valence-corrected chi connectivity index (χ0v) is 10.2. The molecule has 2 aromatic heterocycles. The molecule has 0 bridgehead atoms. The fourth-order valence-corrected chi connectivity index (χ4v) is 2.72. The van der Waals surface area contributed by atoms with Gasteiger partial charge in [0.2, 0.25) is 0 Å². The van der Waals surface area contributed by atoms with E-state index in [2.05, 4.69) is 10.4 Å². The number of furan rings is 1. The fraction of sp³-hybridized carbons (Fsp3) is 0.364. The summed E-state index contributed by atoms with van der Waals surface area (Å²) >= 11 is 1.67. The Morgan fingerprint density at radius 3 is 2.88 bits per heavy atom. The van der Waals surface area contributed by atoms with Crippen LogP contribution in [0.15, 0.2) is 22.8 Å². The van der Waals surface area contributed by atoms with E-state index < -0.39 is 0 Å². The highest BCUT2D eigenvalue weighted by Gasteiger charge is 2.17. The molecule has 0 aromatic carbocycles. The standard InChI is InChI=1S/C11H15N3OS/c1-7-11(16-8(2)13-7)10(14-12)6-9-4-3-5-15-9/h3-5,10,14H,6,12H2,1-2H3. The van der Waals surface area contributed by atoms with Crippen LogP contribution in [0, 0.1) is 13.8 Å². The Hall–Kier alpha value is -1.17. The Balaban J connectivity index is 2.19. The van der Waals surface area contributed by atoms with Crippen LogP contribution in [0.25, 0.3) is 0 Å². The van der Waals surface area contributed by atoms with Gasteiger partial charge in [0.15, 0.2) is 0 Å². The molecule has 0 spiro atoms. The highest BCUT2D eigenvalue weighted by molar-refractivity contribution is 7.11. The van der Waals surface area contributed by atoms with Crippen LogP contribution in [0.3, 0.4) is 0 Å². The number of nitrogens with one attached hydrogen (secondary N) is 1. The average molecular weight is 237 g/mol. The molecule has 4 nitrogen and oxygen atoms in total. The van der Waals surface area contributed by atoms with Gasteiger partial charge in [0, 0.05) is 11.3 Å². The predicted molar refractivity (Wildman–Crippen MR) is 64.1 cm³/mol. The smallest absolute Gasteiger partial charge is 0.105 e. The second-order valence-electron chi connectivity index (χ2n) is 3.69. The molecular formula is C11H15N3OS. The number of thiazole rings is 1. The summed E-state index contributed by atoms with van der Waals surface area (Å²) in [7, 11) is 0. The molecule has 0 saturated heterocycles. The van der Waals surface area contributed by atoms with Crippen LogP contribution in [-0.2, 0) is 6.42 Å². The third kappa shape index (κ3) is 2.32. The number of aromatic nitrogens is 1. The van der Waals surface area contributed by atoms with E-state index >= 15 is 0 Å². The maximum absolute atomic E-state index is 5.59. The molecule has 2 aromatic rings. The largest absolute Gasteiger partial charge is 0.469 e. The van der Waals surface area contributed by atoms with E-state index in [-0.39, 0.29) is 6.04 Å². The summed E-state index contributed by atoms with van der Waals surface area (Å²) in [4.78, 5) is 5.58. The van der Waals surface area contributed by atoms with Crippen LogP contribution < -0.4 is 11.3 Å². The lowest BCUT2D eigenvalue weighted by molar-refractivity contribution is 0.457. The van der Waals surface area contributed by atoms with E-state index in [1.165, 1.54) is 4.88 Å². The first kappa shape index (κ1) is 11.3. The minimum atomic E-state index is 0.0670. The van der Waals surface area contributed by atoms with Gasteiger partial charge >= 0.3 is 0 Å². The molecule has 0 aliphatic rings. The van der Waals surface area contributed by atoms with Crippen molar-refractivity contribution in [2.24, 2.45) is 5.84 Å². The van der Waals surface area contributed by atoms with Crippen LogP contribution in [0.2, 0.25) is 0 Å². The summed E-state index contributed by atoms with van der Waals surface area (Å²) in [5, 5.41) is 1.06. The molecule has 5 heteroatoms. The third-order valence-corrected chi connectivity index (χ3v) is 3.63. The number of hydrogen-bond donors (Lipinski definition) is 2. The van der Waals surface area contributed by atoms with Gasteiger partial charge in [0.05, 0.1) is 23.0 Å². The Morgan fingerprint density at radius 1 is 1.56 bits per heavy atom. The second-order valence-corrected chi connectivity index (χ2v) is 4.92. The summed E-state index contributed by atoms with van der Waals surface area (Å²) in [5.74, 6) is 6.51. The van der Waals surface area contributed by atoms with Crippen molar-refractivity contribution in [3.63, 3.8) is 0 Å². The monoisotopic (exact) mass is 237 g/mol. The van der Waals surface area contributed by atoms with Gasteiger partial charge in [0.1, 0.15) is 5.76 Å². The topological polar surface area (TPSA) is 64.1 Å². The highest BCUT2D eigenvalue weighted by atomic mass is 32.1. The van der Waals surface area contributed by atoms with Crippen molar-refractivity contribution in [2.75, 3.05) is 0 Å². The Labute approximate surface area is 98.5 Å². The maximum Gasteiger partial charge on any atom is 0.105 e. The first-order valence-corrected chi connectivity index (χ1v) is 5.94. The lowest BCUT2D eigenvalue weighted by atomic mass is 10.1. The molecule has 0 aliphatic carbocycles. The van der Waals surface area contributed by atoms with Crippen LogP contribution >= 0.6 is 11.3 Å².